The van der Waals surface area contributed by atoms with Crippen LogP contribution in [0.1, 0.15) is 30.4 Å². The molecule has 4 rings (SSSR count). The summed E-state index contributed by atoms with van der Waals surface area (Å²) in [6.07, 6.45) is 3.47. The minimum atomic E-state index is -0.292. The minimum Gasteiger partial charge on any atom is -0.302 e. The Balaban J connectivity index is 1.78. The average molecular weight is 302 g/mol. The van der Waals surface area contributed by atoms with Crippen molar-refractivity contribution < 1.29 is 0 Å². The summed E-state index contributed by atoms with van der Waals surface area (Å²) in [5.41, 5.74) is 2.13. The molecule has 0 amide bonds. The molecule has 1 aliphatic carbocycles. The highest BCUT2D eigenvalue weighted by Gasteiger charge is 2.70. The zero-order valence-corrected chi connectivity index (χ0v) is 13.4. The lowest BCUT2D eigenvalue weighted by Gasteiger charge is -2.26. The molecule has 1 unspecified atom stereocenters. The molecule has 1 aliphatic heterocycles. The lowest BCUT2D eigenvalue weighted by Crippen LogP contribution is -2.32. The van der Waals surface area contributed by atoms with Gasteiger partial charge in [-0.3, -0.25) is 0 Å². The number of hydrogen-bond acceptors (Lipinski definition) is 2. The van der Waals surface area contributed by atoms with Crippen LogP contribution < -0.4 is 0 Å². The maximum absolute atomic E-state index is 10.1. The fourth-order valence-electron chi connectivity index (χ4n) is 4.46. The van der Waals surface area contributed by atoms with E-state index in [1.807, 2.05) is 0 Å². The third kappa shape index (κ3) is 2.19. The van der Waals surface area contributed by atoms with Gasteiger partial charge < -0.3 is 4.90 Å². The molecule has 2 aliphatic rings. The molecule has 1 atom stereocenters. The maximum Gasteiger partial charge on any atom is 0.0850 e. The third-order valence-electron chi connectivity index (χ3n) is 5.70. The van der Waals surface area contributed by atoms with Crippen LogP contribution in [0.5, 0.6) is 0 Å². The molecule has 0 radical (unpaired) electrons. The molecule has 0 bridgehead atoms. The average Bonchev–Trinajstić information content (AvgIpc) is 3.00. The zero-order chi connectivity index (χ0) is 15.8. The topological polar surface area (TPSA) is 27.0 Å². The molecule has 23 heavy (non-hydrogen) atoms. The van der Waals surface area contributed by atoms with E-state index in [2.05, 4.69) is 71.6 Å². The highest BCUT2D eigenvalue weighted by atomic mass is 15.2. The van der Waals surface area contributed by atoms with Crippen molar-refractivity contribution in [3.63, 3.8) is 0 Å². The van der Waals surface area contributed by atoms with Crippen LogP contribution >= 0.6 is 0 Å². The Hall–Kier alpha value is -2.11. The molecule has 2 aromatic carbocycles. The molecule has 1 saturated heterocycles. The highest BCUT2D eigenvalue weighted by molar-refractivity contribution is 5.54. The van der Waals surface area contributed by atoms with Gasteiger partial charge in [0.15, 0.2) is 0 Å². The summed E-state index contributed by atoms with van der Waals surface area (Å²) in [4.78, 5) is 2.48. The van der Waals surface area contributed by atoms with Crippen LogP contribution in [0, 0.1) is 16.7 Å². The van der Waals surface area contributed by atoms with Gasteiger partial charge in [-0.2, -0.15) is 5.26 Å². The van der Waals surface area contributed by atoms with Crippen LogP contribution in [-0.4, -0.2) is 24.5 Å². The van der Waals surface area contributed by atoms with Gasteiger partial charge in [-0.05, 0) is 43.5 Å². The Morgan fingerprint density at radius 1 is 0.870 bits per heavy atom. The standard InChI is InChI=1S/C21H22N2/c22-16-20(17-23-13-7-8-14-23)15-21(20,18-9-3-1-4-10-18)19-11-5-2-6-12-19/h1-6,9-12H,7-8,13-15,17H2. The van der Waals surface area contributed by atoms with Crippen molar-refractivity contribution in [2.45, 2.75) is 24.7 Å². The van der Waals surface area contributed by atoms with Crippen molar-refractivity contribution in [2.75, 3.05) is 19.6 Å². The SMILES string of the molecule is N#CC1(CN2CCCC2)CC1(c1ccccc1)c1ccccc1. The zero-order valence-electron chi connectivity index (χ0n) is 13.4. The summed E-state index contributed by atoms with van der Waals surface area (Å²) in [5.74, 6) is 0. The first-order valence-corrected chi connectivity index (χ1v) is 8.55. The second-order valence-corrected chi connectivity index (χ2v) is 6.99. The van der Waals surface area contributed by atoms with Crippen LogP contribution in [0.2, 0.25) is 0 Å². The quantitative estimate of drug-likeness (QED) is 0.854. The van der Waals surface area contributed by atoms with Crippen molar-refractivity contribution in [3.05, 3.63) is 71.8 Å². The molecule has 0 N–H and O–H groups in total. The first kappa shape index (κ1) is 14.5. The van der Waals surface area contributed by atoms with Gasteiger partial charge in [0.2, 0.25) is 0 Å². The van der Waals surface area contributed by atoms with Gasteiger partial charge in [0.05, 0.1) is 11.5 Å². The summed E-state index contributed by atoms with van der Waals surface area (Å²) < 4.78 is 0. The fraction of sp³-hybridized carbons (Fsp3) is 0.381. The van der Waals surface area contributed by atoms with Crippen LogP contribution in [0.25, 0.3) is 0 Å². The van der Waals surface area contributed by atoms with E-state index in [0.29, 0.717) is 0 Å². The van der Waals surface area contributed by atoms with E-state index in [4.69, 9.17) is 0 Å². The van der Waals surface area contributed by atoms with Gasteiger partial charge in [-0.25, -0.2) is 0 Å². The highest BCUT2D eigenvalue weighted by Crippen LogP contribution is 2.68. The minimum absolute atomic E-state index is 0.146. The lowest BCUT2D eigenvalue weighted by atomic mass is 9.80. The van der Waals surface area contributed by atoms with E-state index in [1.54, 1.807) is 0 Å². The molecule has 0 aromatic heterocycles. The van der Waals surface area contributed by atoms with E-state index >= 15 is 0 Å². The molecular formula is C21H22N2. The number of benzene rings is 2. The first-order valence-electron chi connectivity index (χ1n) is 8.55. The molecule has 116 valence electrons. The van der Waals surface area contributed by atoms with Gasteiger partial charge in [-0.1, -0.05) is 60.7 Å². The Labute approximate surface area is 138 Å². The Morgan fingerprint density at radius 3 is 1.87 bits per heavy atom. The first-order chi connectivity index (χ1) is 11.3. The smallest absolute Gasteiger partial charge is 0.0850 e. The summed E-state index contributed by atoms with van der Waals surface area (Å²) in [7, 11) is 0. The lowest BCUT2D eigenvalue weighted by molar-refractivity contribution is 0.284. The number of nitriles is 1. The molecule has 0 spiro atoms. The van der Waals surface area contributed by atoms with Crippen molar-refractivity contribution in [2.24, 2.45) is 5.41 Å². The summed E-state index contributed by atoms with van der Waals surface area (Å²) >= 11 is 0. The number of hydrogen-bond donors (Lipinski definition) is 0. The Morgan fingerprint density at radius 2 is 1.39 bits per heavy atom. The maximum atomic E-state index is 10.1. The second kappa shape index (κ2) is 5.51. The van der Waals surface area contributed by atoms with Gasteiger partial charge in [0, 0.05) is 12.0 Å². The van der Waals surface area contributed by atoms with E-state index in [9.17, 15) is 5.26 Å². The monoisotopic (exact) mass is 302 g/mol. The molecule has 2 nitrogen and oxygen atoms in total. The van der Waals surface area contributed by atoms with Gasteiger partial charge >= 0.3 is 0 Å². The van der Waals surface area contributed by atoms with Crippen molar-refractivity contribution in [3.8, 4) is 6.07 Å². The third-order valence-corrected chi connectivity index (χ3v) is 5.70. The number of nitrogens with zero attached hydrogens (tertiary/aromatic N) is 2. The summed E-state index contributed by atoms with van der Waals surface area (Å²) in [6.45, 7) is 3.18. The van der Waals surface area contributed by atoms with Crippen molar-refractivity contribution in [1.29, 1.82) is 5.26 Å². The molecule has 2 fully saturated rings. The van der Waals surface area contributed by atoms with Gasteiger partial charge in [0.1, 0.15) is 0 Å². The van der Waals surface area contributed by atoms with E-state index in [1.165, 1.54) is 24.0 Å². The number of likely N-dealkylation sites (tertiary alicyclic amines) is 1. The van der Waals surface area contributed by atoms with Crippen LogP contribution in [0.4, 0.5) is 0 Å². The van der Waals surface area contributed by atoms with E-state index in [-0.39, 0.29) is 10.8 Å². The van der Waals surface area contributed by atoms with Crippen LogP contribution in [-0.2, 0) is 5.41 Å². The van der Waals surface area contributed by atoms with Crippen LogP contribution in [0.15, 0.2) is 60.7 Å². The molecule has 2 aromatic rings. The Bertz CT molecular complexity index is 671. The molecule has 1 saturated carbocycles. The number of rotatable bonds is 4. The largest absolute Gasteiger partial charge is 0.302 e. The van der Waals surface area contributed by atoms with E-state index < -0.39 is 0 Å². The van der Waals surface area contributed by atoms with Crippen molar-refractivity contribution in [1.82, 2.24) is 4.90 Å². The Kier molecular flexibility index (Phi) is 3.47. The predicted molar refractivity (Wildman–Crippen MR) is 92.0 cm³/mol. The predicted octanol–water partition coefficient (Wildman–Crippen LogP) is 3.98. The van der Waals surface area contributed by atoms with E-state index in [0.717, 1.165) is 26.1 Å². The second-order valence-electron chi connectivity index (χ2n) is 6.99. The van der Waals surface area contributed by atoms with Gasteiger partial charge in [-0.15, -0.1) is 0 Å². The summed E-state index contributed by atoms with van der Waals surface area (Å²) in [6, 6.07) is 24.0. The molecule has 1 heterocycles. The normalized spacial score (nSPS) is 25.9. The fourth-order valence-corrected chi connectivity index (χ4v) is 4.46. The molecular weight excluding hydrogens is 280 g/mol. The van der Waals surface area contributed by atoms with Crippen LogP contribution in [0.3, 0.4) is 0 Å². The summed E-state index contributed by atoms with van der Waals surface area (Å²) in [5, 5.41) is 10.1. The molecule has 2 heteroatoms. The van der Waals surface area contributed by atoms with Gasteiger partial charge in [0.25, 0.3) is 0 Å². The van der Waals surface area contributed by atoms with Crippen molar-refractivity contribution >= 4 is 0 Å².